The first kappa shape index (κ1) is 13.4. The van der Waals surface area contributed by atoms with Crippen molar-refractivity contribution in [3.63, 3.8) is 0 Å². The Morgan fingerprint density at radius 3 is 2.76 bits per heavy atom. The van der Waals surface area contributed by atoms with E-state index in [1.54, 1.807) is 7.11 Å². The number of rotatable bonds is 8. The van der Waals surface area contributed by atoms with Crippen LogP contribution in [0.1, 0.15) is 19.8 Å². The maximum absolute atomic E-state index is 5.54. The van der Waals surface area contributed by atoms with Gasteiger partial charge in [-0.1, -0.05) is 0 Å². The zero-order valence-electron chi connectivity index (χ0n) is 10.3. The topological polar surface area (TPSA) is 95.2 Å². The molecule has 3 N–H and O–H groups in total. The van der Waals surface area contributed by atoms with Gasteiger partial charge in [-0.3, -0.25) is 0 Å². The van der Waals surface area contributed by atoms with Crippen LogP contribution in [0.25, 0.3) is 0 Å². The molecular weight excluding hydrogens is 222 g/mol. The molecule has 0 aliphatic carbocycles. The summed E-state index contributed by atoms with van der Waals surface area (Å²) in [5.74, 6) is 0.598. The number of nitrogens with one attached hydrogen (secondary N) is 1. The average molecular weight is 241 g/mol. The van der Waals surface area contributed by atoms with Gasteiger partial charge in [0.1, 0.15) is 0 Å². The van der Waals surface area contributed by atoms with E-state index in [4.69, 9.17) is 15.2 Å². The first-order valence-electron chi connectivity index (χ1n) is 5.63. The Morgan fingerprint density at radius 1 is 1.24 bits per heavy atom. The predicted molar refractivity (Wildman–Crippen MR) is 65.0 cm³/mol. The highest BCUT2D eigenvalue weighted by molar-refractivity contribution is 5.32. The lowest BCUT2D eigenvalue weighted by molar-refractivity contribution is 0.193. The normalized spacial score (nSPS) is 10.2. The molecule has 7 heteroatoms. The highest BCUT2D eigenvalue weighted by atomic mass is 16.5. The van der Waals surface area contributed by atoms with Crippen LogP contribution in [0.4, 0.5) is 11.9 Å². The standard InChI is InChI=1S/C10H19N5O2/c1-3-17-10-14-8(11)13-9(15-10)12-6-4-5-7-16-2/h3-7H2,1-2H3,(H3,11,12,13,14,15). The Labute approximate surface area is 101 Å². The van der Waals surface area contributed by atoms with Crippen molar-refractivity contribution in [2.45, 2.75) is 19.8 Å². The molecule has 7 nitrogen and oxygen atoms in total. The number of methoxy groups -OCH3 is 1. The Hall–Kier alpha value is -1.63. The van der Waals surface area contributed by atoms with E-state index >= 15 is 0 Å². The molecule has 0 saturated heterocycles. The third-order valence-electron chi connectivity index (χ3n) is 1.96. The van der Waals surface area contributed by atoms with E-state index in [1.165, 1.54) is 0 Å². The van der Waals surface area contributed by atoms with Crippen LogP contribution in [0.5, 0.6) is 6.01 Å². The molecule has 1 rings (SSSR count). The van der Waals surface area contributed by atoms with E-state index < -0.39 is 0 Å². The molecular formula is C10H19N5O2. The molecule has 0 spiro atoms. The lowest BCUT2D eigenvalue weighted by Gasteiger charge is -2.06. The zero-order valence-corrected chi connectivity index (χ0v) is 10.3. The van der Waals surface area contributed by atoms with Crippen LogP contribution in [-0.2, 0) is 4.74 Å². The largest absolute Gasteiger partial charge is 0.464 e. The molecule has 0 fully saturated rings. The van der Waals surface area contributed by atoms with Gasteiger partial charge >= 0.3 is 6.01 Å². The summed E-state index contributed by atoms with van der Waals surface area (Å²) in [7, 11) is 1.69. The number of anilines is 2. The summed E-state index contributed by atoms with van der Waals surface area (Å²) < 4.78 is 10.1. The van der Waals surface area contributed by atoms with Crippen molar-refractivity contribution in [3.8, 4) is 6.01 Å². The maximum atomic E-state index is 5.54. The van der Waals surface area contributed by atoms with Gasteiger partial charge in [0.25, 0.3) is 0 Å². The van der Waals surface area contributed by atoms with E-state index in [-0.39, 0.29) is 12.0 Å². The fourth-order valence-corrected chi connectivity index (χ4v) is 1.22. The van der Waals surface area contributed by atoms with Crippen molar-refractivity contribution in [2.75, 3.05) is 37.9 Å². The molecule has 1 aromatic rings. The minimum Gasteiger partial charge on any atom is -0.464 e. The molecule has 0 aliphatic heterocycles. The third kappa shape index (κ3) is 5.30. The van der Waals surface area contributed by atoms with Crippen molar-refractivity contribution >= 4 is 11.9 Å². The molecule has 0 aliphatic rings. The molecule has 0 radical (unpaired) electrons. The maximum Gasteiger partial charge on any atom is 0.323 e. The molecule has 96 valence electrons. The minimum absolute atomic E-state index is 0.155. The van der Waals surface area contributed by atoms with Gasteiger partial charge in [-0.05, 0) is 19.8 Å². The van der Waals surface area contributed by atoms with Crippen LogP contribution in [-0.4, -0.2) is 41.8 Å². The van der Waals surface area contributed by atoms with Gasteiger partial charge in [-0.2, -0.15) is 15.0 Å². The van der Waals surface area contributed by atoms with Gasteiger partial charge in [0.15, 0.2) is 0 Å². The average Bonchev–Trinajstić information content (AvgIpc) is 2.28. The SMILES string of the molecule is CCOc1nc(N)nc(NCCCCOC)n1. The molecule has 0 unspecified atom stereocenters. The van der Waals surface area contributed by atoms with Crippen LogP contribution < -0.4 is 15.8 Å². The van der Waals surface area contributed by atoms with Crippen LogP contribution >= 0.6 is 0 Å². The number of unbranched alkanes of at least 4 members (excludes halogenated alkanes) is 1. The molecule has 0 amide bonds. The summed E-state index contributed by atoms with van der Waals surface area (Å²) in [5.41, 5.74) is 5.54. The first-order chi connectivity index (χ1) is 8.26. The zero-order chi connectivity index (χ0) is 12.5. The Kier molecular flexibility index (Phi) is 6.02. The van der Waals surface area contributed by atoms with Crippen LogP contribution in [0, 0.1) is 0 Å². The van der Waals surface area contributed by atoms with E-state index in [9.17, 15) is 0 Å². The van der Waals surface area contributed by atoms with Crippen molar-refractivity contribution in [2.24, 2.45) is 0 Å². The molecule has 0 aromatic carbocycles. The highest BCUT2D eigenvalue weighted by Gasteiger charge is 2.03. The molecule has 0 saturated carbocycles. The fourth-order valence-electron chi connectivity index (χ4n) is 1.22. The number of aromatic nitrogens is 3. The second kappa shape index (κ2) is 7.61. The number of hydrogen-bond donors (Lipinski definition) is 2. The summed E-state index contributed by atoms with van der Waals surface area (Å²) in [6, 6.07) is 0.249. The highest BCUT2D eigenvalue weighted by Crippen LogP contribution is 2.08. The summed E-state index contributed by atoms with van der Waals surface area (Å²) in [5, 5.41) is 3.07. The first-order valence-corrected chi connectivity index (χ1v) is 5.63. The van der Waals surface area contributed by atoms with E-state index in [0.717, 1.165) is 26.0 Å². The minimum atomic E-state index is 0.155. The second-order valence-electron chi connectivity index (χ2n) is 3.36. The van der Waals surface area contributed by atoms with Crippen molar-refractivity contribution in [1.29, 1.82) is 0 Å². The van der Waals surface area contributed by atoms with Crippen LogP contribution in [0.15, 0.2) is 0 Å². The Balaban J connectivity index is 2.41. The molecule has 0 bridgehead atoms. The molecule has 17 heavy (non-hydrogen) atoms. The lowest BCUT2D eigenvalue weighted by Crippen LogP contribution is -2.10. The fraction of sp³-hybridized carbons (Fsp3) is 0.700. The van der Waals surface area contributed by atoms with E-state index in [0.29, 0.717) is 12.6 Å². The van der Waals surface area contributed by atoms with Crippen molar-refractivity contribution in [3.05, 3.63) is 0 Å². The predicted octanol–water partition coefficient (Wildman–Crippen LogP) is 0.691. The van der Waals surface area contributed by atoms with Gasteiger partial charge < -0.3 is 20.5 Å². The van der Waals surface area contributed by atoms with E-state index in [2.05, 4.69) is 20.3 Å². The third-order valence-corrected chi connectivity index (χ3v) is 1.96. The molecule has 1 heterocycles. The second-order valence-corrected chi connectivity index (χ2v) is 3.36. The lowest BCUT2D eigenvalue weighted by atomic mass is 10.3. The van der Waals surface area contributed by atoms with Crippen LogP contribution in [0.2, 0.25) is 0 Å². The van der Waals surface area contributed by atoms with E-state index in [1.807, 2.05) is 6.92 Å². The summed E-state index contributed by atoms with van der Waals surface area (Å²) in [4.78, 5) is 11.9. The number of hydrogen-bond acceptors (Lipinski definition) is 7. The quantitative estimate of drug-likeness (QED) is 0.646. The number of nitrogens with two attached hydrogens (primary N) is 1. The Morgan fingerprint density at radius 2 is 2.06 bits per heavy atom. The van der Waals surface area contributed by atoms with Crippen molar-refractivity contribution < 1.29 is 9.47 Å². The molecule has 1 aromatic heterocycles. The van der Waals surface area contributed by atoms with Crippen molar-refractivity contribution in [1.82, 2.24) is 15.0 Å². The van der Waals surface area contributed by atoms with Gasteiger partial charge in [0.2, 0.25) is 11.9 Å². The van der Waals surface area contributed by atoms with Gasteiger partial charge in [0.05, 0.1) is 6.61 Å². The number of ether oxygens (including phenoxy) is 2. The van der Waals surface area contributed by atoms with Gasteiger partial charge in [-0.15, -0.1) is 0 Å². The van der Waals surface area contributed by atoms with Gasteiger partial charge in [0, 0.05) is 20.3 Å². The summed E-state index contributed by atoms with van der Waals surface area (Å²) in [6.45, 7) is 3.87. The monoisotopic (exact) mass is 241 g/mol. The van der Waals surface area contributed by atoms with Gasteiger partial charge in [-0.25, -0.2) is 0 Å². The summed E-state index contributed by atoms with van der Waals surface area (Å²) in [6.07, 6.45) is 1.96. The smallest absolute Gasteiger partial charge is 0.323 e. The summed E-state index contributed by atoms with van der Waals surface area (Å²) >= 11 is 0. The molecule has 0 atom stereocenters. The Bertz CT molecular complexity index is 334. The number of nitrogens with zero attached hydrogens (tertiary/aromatic N) is 3. The van der Waals surface area contributed by atoms with Crippen LogP contribution in [0.3, 0.4) is 0 Å². The number of nitrogen functional groups attached to an aromatic ring is 1.